The maximum absolute atomic E-state index is 4.23. The van der Waals surface area contributed by atoms with Crippen LogP contribution in [0, 0.1) is 13.8 Å². The Morgan fingerprint density at radius 1 is 1.06 bits per heavy atom. The van der Waals surface area contributed by atoms with Crippen LogP contribution in [0.3, 0.4) is 0 Å². The Bertz CT molecular complexity index is 463. The number of anilines is 1. The van der Waals surface area contributed by atoms with Crippen molar-refractivity contribution in [2.45, 2.75) is 20.4 Å². The minimum Gasteiger partial charge on any atom is -0.366 e. The molecule has 82 valence electrons. The number of hydrogen-bond acceptors (Lipinski definition) is 2. The third kappa shape index (κ3) is 2.40. The minimum atomic E-state index is 0.824. The van der Waals surface area contributed by atoms with Crippen molar-refractivity contribution in [2.75, 3.05) is 5.32 Å². The van der Waals surface area contributed by atoms with Gasteiger partial charge in [-0.05, 0) is 42.7 Å². The Labute approximate surface area is 96.4 Å². The second-order valence-electron chi connectivity index (χ2n) is 3.93. The zero-order valence-corrected chi connectivity index (χ0v) is 9.70. The molecule has 0 fully saturated rings. The lowest BCUT2D eigenvalue weighted by Crippen LogP contribution is -2.03. The normalized spacial score (nSPS) is 10.1. The molecule has 1 heterocycles. The van der Waals surface area contributed by atoms with Crippen molar-refractivity contribution in [2.24, 2.45) is 0 Å². The quantitative estimate of drug-likeness (QED) is 0.844. The number of pyridine rings is 1. The highest BCUT2D eigenvalue weighted by atomic mass is 15.0. The van der Waals surface area contributed by atoms with Crippen molar-refractivity contribution in [3.63, 3.8) is 0 Å². The molecular weight excluding hydrogens is 196 g/mol. The molecule has 2 nitrogen and oxygen atoms in total. The fourth-order valence-corrected chi connectivity index (χ4v) is 1.66. The van der Waals surface area contributed by atoms with Crippen molar-refractivity contribution in [3.05, 3.63) is 59.3 Å². The van der Waals surface area contributed by atoms with Gasteiger partial charge >= 0.3 is 0 Å². The first-order valence-corrected chi connectivity index (χ1v) is 5.47. The van der Waals surface area contributed by atoms with Gasteiger partial charge in [0.1, 0.15) is 5.82 Å². The summed E-state index contributed by atoms with van der Waals surface area (Å²) in [5.41, 5.74) is 4.01. The molecule has 0 unspecified atom stereocenters. The predicted molar refractivity (Wildman–Crippen MR) is 67.5 cm³/mol. The molecule has 2 heteroatoms. The molecular formula is C14H16N2. The SMILES string of the molecule is Cc1cccc(CNc2ccccn2)c1C. The molecule has 1 aromatic heterocycles. The number of nitrogens with one attached hydrogen (secondary N) is 1. The zero-order valence-electron chi connectivity index (χ0n) is 9.70. The van der Waals surface area contributed by atoms with E-state index in [2.05, 4.69) is 42.3 Å². The fourth-order valence-electron chi connectivity index (χ4n) is 1.66. The topological polar surface area (TPSA) is 24.9 Å². The van der Waals surface area contributed by atoms with E-state index in [9.17, 15) is 0 Å². The monoisotopic (exact) mass is 212 g/mol. The van der Waals surface area contributed by atoms with Gasteiger partial charge in [-0.2, -0.15) is 0 Å². The lowest BCUT2D eigenvalue weighted by atomic mass is 10.0. The highest BCUT2D eigenvalue weighted by Gasteiger charge is 2.00. The number of aromatic nitrogens is 1. The summed E-state index contributed by atoms with van der Waals surface area (Å²) in [7, 11) is 0. The predicted octanol–water partition coefficient (Wildman–Crippen LogP) is 3.31. The summed E-state index contributed by atoms with van der Waals surface area (Å²) >= 11 is 0. The lowest BCUT2D eigenvalue weighted by molar-refractivity contribution is 1.08. The molecule has 0 aliphatic rings. The number of aryl methyl sites for hydroxylation is 1. The number of nitrogens with zero attached hydrogens (tertiary/aromatic N) is 1. The van der Waals surface area contributed by atoms with E-state index in [1.54, 1.807) is 6.20 Å². The fraction of sp³-hybridized carbons (Fsp3) is 0.214. The summed E-state index contributed by atoms with van der Waals surface area (Å²) in [6.07, 6.45) is 1.80. The van der Waals surface area contributed by atoms with E-state index in [1.807, 2.05) is 18.2 Å². The molecule has 0 saturated carbocycles. The van der Waals surface area contributed by atoms with E-state index in [0.29, 0.717) is 0 Å². The molecule has 0 radical (unpaired) electrons. The minimum absolute atomic E-state index is 0.824. The van der Waals surface area contributed by atoms with Crippen molar-refractivity contribution < 1.29 is 0 Å². The van der Waals surface area contributed by atoms with Crippen LogP contribution in [-0.2, 0) is 6.54 Å². The van der Waals surface area contributed by atoms with Gasteiger partial charge < -0.3 is 5.32 Å². The molecule has 0 saturated heterocycles. The maximum atomic E-state index is 4.23. The lowest BCUT2D eigenvalue weighted by Gasteiger charge is -2.10. The molecule has 1 aromatic carbocycles. The number of benzene rings is 1. The Balaban J connectivity index is 2.08. The smallest absolute Gasteiger partial charge is 0.126 e. The van der Waals surface area contributed by atoms with E-state index in [0.717, 1.165) is 12.4 Å². The van der Waals surface area contributed by atoms with Crippen LogP contribution in [-0.4, -0.2) is 4.98 Å². The van der Waals surface area contributed by atoms with Gasteiger partial charge in [-0.1, -0.05) is 24.3 Å². The van der Waals surface area contributed by atoms with Gasteiger partial charge in [-0.3, -0.25) is 0 Å². The standard InChI is InChI=1S/C14H16N2/c1-11-6-5-7-13(12(11)2)10-16-14-8-3-4-9-15-14/h3-9H,10H2,1-2H3,(H,15,16). The van der Waals surface area contributed by atoms with Gasteiger partial charge in [0.05, 0.1) is 0 Å². The van der Waals surface area contributed by atoms with Crippen LogP contribution in [0.1, 0.15) is 16.7 Å². The van der Waals surface area contributed by atoms with Crippen LogP contribution in [0.15, 0.2) is 42.6 Å². The molecule has 0 bridgehead atoms. The number of rotatable bonds is 3. The second kappa shape index (κ2) is 4.79. The molecule has 0 atom stereocenters. The Kier molecular flexibility index (Phi) is 3.20. The van der Waals surface area contributed by atoms with E-state index >= 15 is 0 Å². The molecule has 2 rings (SSSR count). The first-order valence-electron chi connectivity index (χ1n) is 5.47. The van der Waals surface area contributed by atoms with Crippen LogP contribution >= 0.6 is 0 Å². The Morgan fingerprint density at radius 2 is 1.94 bits per heavy atom. The van der Waals surface area contributed by atoms with E-state index in [-0.39, 0.29) is 0 Å². The zero-order chi connectivity index (χ0) is 11.4. The van der Waals surface area contributed by atoms with Crippen molar-refractivity contribution in [1.29, 1.82) is 0 Å². The van der Waals surface area contributed by atoms with Crippen LogP contribution < -0.4 is 5.32 Å². The van der Waals surface area contributed by atoms with Gasteiger partial charge in [-0.15, -0.1) is 0 Å². The largest absolute Gasteiger partial charge is 0.366 e. The highest BCUT2D eigenvalue weighted by molar-refractivity contribution is 5.38. The van der Waals surface area contributed by atoms with Crippen LogP contribution in [0.2, 0.25) is 0 Å². The van der Waals surface area contributed by atoms with E-state index in [1.165, 1.54) is 16.7 Å². The summed E-state index contributed by atoms with van der Waals surface area (Å²) in [4.78, 5) is 4.23. The molecule has 0 amide bonds. The Morgan fingerprint density at radius 3 is 2.69 bits per heavy atom. The molecule has 0 spiro atoms. The third-order valence-electron chi connectivity index (χ3n) is 2.84. The second-order valence-corrected chi connectivity index (χ2v) is 3.93. The average molecular weight is 212 g/mol. The van der Waals surface area contributed by atoms with E-state index < -0.39 is 0 Å². The van der Waals surface area contributed by atoms with Crippen LogP contribution in [0.25, 0.3) is 0 Å². The van der Waals surface area contributed by atoms with Crippen molar-refractivity contribution in [1.82, 2.24) is 4.98 Å². The molecule has 16 heavy (non-hydrogen) atoms. The Hall–Kier alpha value is -1.83. The summed E-state index contributed by atoms with van der Waals surface area (Å²) in [5.74, 6) is 0.920. The molecule has 0 aliphatic carbocycles. The molecule has 2 aromatic rings. The summed E-state index contributed by atoms with van der Waals surface area (Å²) in [5, 5.41) is 3.32. The summed E-state index contributed by atoms with van der Waals surface area (Å²) in [6, 6.07) is 12.3. The van der Waals surface area contributed by atoms with Crippen LogP contribution in [0.5, 0.6) is 0 Å². The van der Waals surface area contributed by atoms with Gasteiger partial charge in [0.15, 0.2) is 0 Å². The van der Waals surface area contributed by atoms with Crippen molar-refractivity contribution >= 4 is 5.82 Å². The summed E-state index contributed by atoms with van der Waals surface area (Å²) < 4.78 is 0. The van der Waals surface area contributed by atoms with Crippen molar-refractivity contribution in [3.8, 4) is 0 Å². The molecule has 0 aliphatic heterocycles. The maximum Gasteiger partial charge on any atom is 0.126 e. The molecule has 1 N–H and O–H groups in total. The number of hydrogen-bond donors (Lipinski definition) is 1. The first-order chi connectivity index (χ1) is 7.77. The van der Waals surface area contributed by atoms with Gasteiger partial charge in [0.2, 0.25) is 0 Å². The third-order valence-corrected chi connectivity index (χ3v) is 2.84. The summed E-state index contributed by atoms with van der Waals surface area (Å²) in [6.45, 7) is 5.12. The van der Waals surface area contributed by atoms with E-state index in [4.69, 9.17) is 0 Å². The van der Waals surface area contributed by atoms with Crippen LogP contribution in [0.4, 0.5) is 5.82 Å². The van der Waals surface area contributed by atoms with Gasteiger partial charge in [-0.25, -0.2) is 4.98 Å². The first kappa shape index (κ1) is 10.7. The average Bonchev–Trinajstić information content (AvgIpc) is 2.32. The van der Waals surface area contributed by atoms with Gasteiger partial charge in [0.25, 0.3) is 0 Å². The van der Waals surface area contributed by atoms with Gasteiger partial charge in [0, 0.05) is 12.7 Å². The highest BCUT2D eigenvalue weighted by Crippen LogP contribution is 2.14.